The summed E-state index contributed by atoms with van der Waals surface area (Å²) in [4.78, 5) is 11.6. The van der Waals surface area contributed by atoms with E-state index in [4.69, 9.17) is 4.74 Å². The van der Waals surface area contributed by atoms with Crippen molar-refractivity contribution in [3.8, 4) is 0 Å². The molecule has 0 aromatic heterocycles. The second-order valence-corrected chi connectivity index (χ2v) is 4.83. The number of nitrogens with zero attached hydrogens (tertiary/aromatic N) is 1. The van der Waals surface area contributed by atoms with E-state index in [9.17, 15) is 4.79 Å². The zero-order chi connectivity index (χ0) is 12.4. The maximum atomic E-state index is 11.6. The Balaban J connectivity index is 3.42. The summed E-state index contributed by atoms with van der Waals surface area (Å²) >= 11 is 0. The lowest BCUT2D eigenvalue weighted by Gasteiger charge is -2.20. The highest BCUT2D eigenvalue weighted by Crippen LogP contribution is 2.21. The van der Waals surface area contributed by atoms with Crippen LogP contribution < -0.4 is 0 Å². The molecule has 0 saturated heterocycles. The van der Waals surface area contributed by atoms with Crippen LogP contribution in [0, 0.1) is 5.41 Å². The summed E-state index contributed by atoms with van der Waals surface area (Å²) in [6.07, 6.45) is 5.23. The molecule has 0 aliphatic heterocycles. The summed E-state index contributed by atoms with van der Waals surface area (Å²) in [5.41, 5.74) is -0.332. The summed E-state index contributed by atoms with van der Waals surface area (Å²) in [6.45, 7) is 7.37. The average molecular weight is 228 g/mol. The first-order valence-corrected chi connectivity index (χ1v) is 6.27. The largest absolute Gasteiger partial charge is 0.665 e. The van der Waals surface area contributed by atoms with Crippen molar-refractivity contribution in [2.45, 2.75) is 52.9 Å². The minimum atomic E-state index is -0.332. The Morgan fingerprint density at radius 3 is 2.38 bits per heavy atom. The molecule has 0 aliphatic rings. The first-order chi connectivity index (χ1) is 7.54. The fraction of sp³-hybridized carbons (Fsp3) is 0.923. The van der Waals surface area contributed by atoms with Gasteiger partial charge in [-0.25, -0.2) is 0 Å². The Morgan fingerprint density at radius 2 is 1.81 bits per heavy atom. The third kappa shape index (κ3) is 6.83. The van der Waals surface area contributed by atoms with Crippen molar-refractivity contribution in [1.29, 1.82) is 0 Å². The van der Waals surface area contributed by atoms with Crippen LogP contribution in [0.2, 0.25) is 0 Å². The van der Waals surface area contributed by atoms with Crippen LogP contribution in [0.25, 0.3) is 5.32 Å². The van der Waals surface area contributed by atoms with E-state index in [0.717, 1.165) is 32.2 Å². The van der Waals surface area contributed by atoms with Gasteiger partial charge in [0.2, 0.25) is 0 Å². The molecular weight excluding hydrogens is 202 g/mol. The quantitative estimate of drug-likeness (QED) is 0.447. The van der Waals surface area contributed by atoms with Crippen LogP contribution in [-0.4, -0.2) is 26.2 Å². The molecule has 96 valence electrons. The van der Waals surface area contributed by atoms with Gasteiger partial charge in [-0.15, -0.1) is 6.54 Å². The highest BCUT2D eigenvalue weighted by atomic mass is 16.5. The third-order valence-electron chi connectivity index (χ3n) is 2.95. The molecule has 16 heavy (non-hydrogen) atoms. The van der Waals surface area contributed by atoms with Gasteiger partial charge in [-0.05, 0) is 26.7 Å². The van der Waals surface area contributed by atoms with E-state index in [0.29, 0.717) is 6.61 Å². The Hall–Kier alpha value is -0.570. The van der Waals surface area contributed by atoms with Gasteiger partial charge in [-0.3, -0.25) is 4.79 Å². The summed E-state index contributed by atoms with van der Waals surface area (Å²) in [6, 6.07) is 0. The van der Waals surface area contributed by atoms with E-state index < -0.39 is 0 Å². The van der Waals surface area contributed by atoms with Crippen molar-refractivity contribution in [2.24, 2.45) is 5.41 Å². The van der Waals surface area contributed by atoms with Gasteiger partial charge < -0.3 is 10.1 Å². The number of carbonyl (C=O) groups excluding carboxylic acids is 1. The number of hydrogen-bond acceptors (Lipinski definition) is 2. The van der Waals surface area contributed by atoms with Crippen LogP contribution in [0.5, 0.6) is 0 Å². The molecule has 0 fully saturated rings. The van der Waals surface area contributed by atoms with Gasteiger partial charge in [-0.2, -0.15) is 7.05 Å². The van der Waals surface area contributed by atoms with Crippen molar-refractivity contribution < 1.29 is 9.53 Å². The van der Waals surface area contributed by atoms with Gasteiger partial charge in [-0.1, -0.05) is 26.2 Å². The minimum absolute atomic E-state index is 0.0708. The van der Waals surface area contributed by atoms with Gasteiger partial charge in [0.15, 0.2) is 0 Å². The lowest BCUT2D eigenvalue weighted by Crippen LogP contribution is -2.26. The summed E-state index contributed by atoms with van der Waals surface area (Å²) in [5.74, 6) is -0.0708. The van der Waals surface area contributed by atoms with Crippen molar-refractivity contribution in [2.75, 3.05) is 20.2 Å². The topological polar surface area (TPSA) is 40.4 Å². The normalized spacial score (nSPS) is 11.5. The van der Waals surface area contributed by atoms with Gasteiger partial charge in [0.05, 0.1) is 12.0 Å². The maximum absolute atomic E-state index is 11.6. The first-order valence-electron chi connectivity index (χ1n) is 6.27. The van der Waals surface area contributed by atoms with E-state index in [2.05, 4.69) is 5.32 Å². The number of rotatable bonds is 9. The Bertz CT molecular complexity index is 190. The monoisotopic (exact) mass is 228 g/mol. The van der Waals surface area contributed by atoms with Crippen molar-refractivity contribution in [1.82, 2.24) is 0 Å². The molecule has 0 aliphatic carbocycles. The molecule has 3 nitrogen and oxygen atoms in total. The second-order valence-electron chi connectivity index (χ2n) is 4.83. The molecule has 0 saturated carbocycles. The molecule has 0 unspecified atom stereocenters. The van der Waals surface area contributed by atoms with Crippen LogP contribution in [-0.2, 0) is 9.53 Å². The average Bonchev–Trinajstić information content (AvgIpc) is 2.27. The van der Waals surface area contributed by atoms with Crippen LogP contribution in [0.4, 0.5) is 0 Å². The predicted molar refractivity (Wildman–Crippen MR) is 67.6 cm³/mol. The molecular formula is C13H26NO2-. The molecule has 0 rings (SSSR count). The van der Waals surface area contributed by atoms with E-state index in [1.807, 2.05) is 27.8 Å². The molecule has 0 heterocycles. The molecule has 0 radical (unpaired) electrons. The van der Waals surface area contributed by atoms with Crippen LogP contribution in [0.1, 0.15) is 52.9 Å². The number of hydrogen-bond donors (Lipinski definition) is 0. The molecule has 0 bridgehead atoms. The van der Waals surface area contributed by atoms with E-state index in [1.54, 1.807) is 0 Å². The van der Waals surface area contributed by atoms with Crippen molar-refractivity contribution >= 4 is 5.97 Å². The van der Waals surface area contributed by atoms with E-state index >= 15 is 0 Å². The van der Waals surface area contributed by atoms with Crippen LogP contribution in [0.15, 0.2) is 0 Å². The Labute approximate surface area is 99.9 Å². The maximum Gasteiger partial charge on any atom is 0.311 e. The molecule has 0 aromatic carbocycles. The van der Waals surface area contributed by atoms with Crippen molar-refractivity contribution in [3.63, 3.8) is 0 Å². The van der Waals surface area contributed by atoms with Gasteiger partial charge in [0, 0.05) is 0 Å². The lowest BCUT2D eigenvalue weighted by atomic mass is 9.91. The number of esters is 1. The number of unbranched alkanes of at least 4 members (excludes halogenated alkanes) is 3. The number of ether oxygens (including phenoxy) is 1. The highest BCUT2D eigenvalue weighted by Gasteiger charge is 2.26. The zero-order valence-electron chi connectivity index (χ0n) is 11.2. The van der Waals surface area contributed by atoms with Crippen LogP contribution >= 0.6 is 0 Å². The third-order valence-corrected chi connectivity index (χ3v) is 2.95. The van der Waals surface area contributed by atoms with Crippen LogP contribution in [0.3, 0.4) is 0 Å². The first kappa shape index (κ1) is 15.4. The fourth-order valence-corrected chi connectivity index (χ4v) is 1.23. The smallest absolute Gasteiger partial charge is 0.311 e. The zero-order valence-corrected chi connectivity index (χ0v) is 11.2. The van der Waals surface area contributed by atoms with E-state index in [1.165, 1.54) is 6.42 Å². The summed E-state index contributed by atoms with van der Waals surface area (Å²) in [5, 5.41) is 4.04. The SMILES string of the molecule is CCC(C)(C)C(=O)OCCCCCC[N-]C. The minimum Gasteiger partial charge on any atom is -0.665 e. The Kier molecular flexibility index (Phi) is 8.26. The fourth-order valence-electron chi connectivity index (χ4n) is 1.23. The Morgan fingerprint density at radius 1 is 1.19 bits per heavy atom. The lowest BCUT2D eigenvalue weighted by molar-refractivity contribution is -0.154. The molecule has 0 atom stereocenters. The highest BCUT2D eigenvalue weighted by molar-refractivity contribution is 5.75. The summed E-state index contributed by atoms with van der Waals surface area (Å²) < 4.78 is 5.24. The van der Waals surface area contributed by atoms with Crippen molar-refractivity contribution in [3.05, 3.63) is 5.32 Å². The molecule has 0 aromatic rings. The van der Waals surface area contributed by atoms with Gasteiger partial charge >= 0.3 is 5.97 Å². The van der Waals surface area contributed by atoms with Gasteiger partial charge in [0.1, 0.15) is 0 Å². The predicted octanol–water partition coefficient (Wildman–Crippen LogP) is 3.53. The summed E-state index contributed by atoms with van der Waals surface area (Å²) in [7, 11) is 1.84. The molecule has 0 N–H and O–H groups in total. The van der Waals surface area contributed by atoms with E-state index in [-0.39, 0.29) is 11.4 Å². The molecule has 0 spiro atoms. The number of carbonyl (C=O) groups is 1. The second kappa shape index (κ2) is 8.57. The van der Waals surface area contributed by atoms with Gasteiger partial charge in [0.25, 0.3) is 0 Å². The standard InChI is InChI=1S/C13H26NO2/c1-5-13(2,3)12(15)16-11-9-7-6-8-10-14-4/h5-11H2,1-4H3/q-1. The molecule has 3 heteroatoms. The molecule has 0 amide bonds.